The first-order valence-electron chi connectivity index (χ1n) is 8.57. The van der Waals surface area contributed by atoms with Gasteiger partial charge in [0.15, 0.2) is 0 Å². The Hall–Kier alpha value is -1.89. The molecule has 2 atom stereocenters. The number of aromatic nitrogens is 2. The molecule has 0 spiro atoms. The van der Waals surface area contributed by atoms with Gasteiger partial charge in [-0.15, -0.1) is 0 Å². The molecule has 7 heteroatoms. The third-order valence-corrected chi connectivity index (χ3v) is 4.97. The smallest absolute Gasteiger partial charge is 0.272 e. The molecule has 0 radical (unpaired) electrons. The molecule has 3 fully saturated rings. The van der Waals surface area contributed by atoms with Gasteiger partial charge in [0.25, 0.3) is 5.91 Å². The predicted molar refractivity (Wildman–Crippen MR) is 84.0 cm³/mol. The highest BCUT2D eigenvalue weighted by atomic mass is 16.2. The van der Waals surface area contributed by atoms with Gasteiger partial charge in [-0.25, -0.2) is 0 Å². The molecule has 23 heavy (non-hydrogen) atoms. The lowest BCUT2D eigenvalue weighted by Crippen LogP contribution is -2.38. The van der Waals surface area contributed by atoms with E-state index >= 15 is 0 Å². The Balaban J connectivity index is 1.36. The number of hydrogen-bond donors (Lipinski definition) is 2. The van der Waals surface area contributed by atoms with Crippen LogP contribution in [0, 0.1) is 0 Å². The summed E-state index contributed by atoms with van der Waals surface area (Å²) in [6, 6.07) is 2.42. The van der Waals surface area contributed by atoms with Gasteiger partial charge in [0.05, 0.1) is 12.1 Å². The molecule has 2 N–H and O–H groups in total. The topological polar surface area (TPSA) is 79.3 Å². The summed E-state index contributed by atoms with van der Waals surface area (Å²) < 4.78 is 1.89. The number of nitrogens with one attached hydrogen (secondary N) is 2. The van der Waals surface area contributed by atoms with Crippen LogP contribution in [-0.2, 0) is 4.79 Å². The van der Waals surface area contributed by atoms with E-state index in [1.54, 1.807) is 6.07 Å². The van der Waals surface area contributed by atoms with Gasteiger partial charge in [-0.1, -0.05) is 0 Å². The van der Waals surface area contributed by atoms with Crippen molar-refractivity contribution in [2.45, 2.75) is 50.2 Å². The molecule has 2 unspecified atom stereocenters. The van der Waals surface area contributed by atoms with E-state index in [2.05, 4.69) is 15.7 Å². The van der Waals surface area contributed by atoms with Gasteiger partial charge in [-0.3, -0.25) is 14.3 Å². The summed E-state index contributed by atoms with van der Waals surface area (Å²) in [5.41, 5.74) is 0.438. The first-order chi connectivity index (χ1) is 11.2. The summed E-state index contributed by atoms with van der Waals surface area (Å²) in [4.78, 5) is 26.2. The van der Waals surface area contributed by atoms with Gasteiger partial charge >= 0.3 is 0 Å². The van der Waals surface area contributed by atoms with Crippen molar-refractivity contribution >= 4 is 11.8 Å². The zero-order valence-corrected chi connectivity index (χ0v) is 13.2. The maximum atomic E-state index is 12.4. The Morgan fingerprint density at radius 1 is 1.30 bits per heavy atom. The van der Waals surface area contributed by atoms with Crippen LogP contribution in [0.1, 0.15) is 48.6 Å². The van der Waals surface area contributed by atoms with Crippen LogP contribution >= 0.6 is 0 Å². The van der Waals surface area contributed by atoms with Crippen LogP contribution in [0.4, 0.5) is 0 Å². The lowest BCUT2D eigenvalue weighted by molar-refractivity contribution is -0.128. The SMILES string of the molecule is O=C(NC1CC(=O)N(C2CC2)C1)c1ccn(C2CCCNC2)n1. The Kier molecular flexibility index (Phi) is 3.80. The van der Waals surface area contributed by atoms with Crippen LogP contribution in [0.15, 0.2) is 12.3 Å². The Labute approximate surface area is 135 Å². The fourth-order valence-corrected chi connectivity index (χ4v) is 3.55. The van der Waals surface area contributed by atoms with Crippen molar-refractivity contribution in [2.75, 3.05) is 19.6 Å². The molecule has 2 aliphatic heterocycles. The molecular weight excluding hydrogens is 294 g/mol. The number of hydrogen-bond acceptors (Lipinski definition) is 4. The number of nitrogens with zero attached hydrogens (tertiary/aromatic N) is 3. The number of carbonyl (C=O) groups excluding carboxylic acids is 2. The maximum absolute atomic E-state index is 12.4. The molecule has 2 saturated heterocycles. The summed E-state index contributed by atoms with van der Waals surface area (Å²) >= 11 is 0. The van der Waals surface area contributed by atoms with Crippen LogP contribution in [0.2, 0.25) is 0 Å². The number of likely N-dealkylation sites (tertiary alicyclic amines) is 1. The number of amides is 2. The van der Waals surface area contributed by atoms with E-state index in [1.807, 2.05) is 15.8 Å². The lowest BCUT2D eigenvalue weighted by atomic mass is 10.1. The Morgan fingerprint density at radius 3 is 2.91 bits per heavy atom. The lowest BCUT2D eigenvalue weighted by Gasteiger charge is -2.22. The minimum Gasteiger partial charge on any atom is -0.346 e. The summed E-state index contributed by atoms with van der Waals surface area (Å²) in [7, 11) is 0. The second kappa shape index (κ2) is 5.96. The van der Waals surface area contributed by atoms with E-state index in [-0.39, 0.29) is 17.9 Å². The third kappa shape index (κ3) is 3.10. The highest BCUT2D eigenvalue weighted by molar-refractivity contribution is 5.93. The molecule has 1 aromatic heterocycles. The second-order valence-electron chi connectivity index (χ2n) is 6.83. The van der Waals surface area contributed by atoms with Gasteiger partial charge < -0.3 is 15.5 Å². The molecule has 124 valence electrons. The van der Waals surface area contributed by atoms with Crippen molar-refractivity contribution in [3.05, 3.63) is 18.0 Å². The van der Waals surface area contributed by atoms with E-state index < -0.39 is 0 Å². The summed E-state index contributed by atoms with van der Waals surface area (Å²) in [5.74, 6) is -0.0143. The van der Waals surface area contributed by atoms with E-state index in [0.717, 1.165) is 38.8 Å². The minimum absolute atomic E-state index is 0.0860. The van der Waals surface area contributed by atoms with Gasteiger partial charge in [0.2, 0.25) is 5.91 Å². The Bertz CT molecular complexity index is 603. The highest BCUT2D eigenvalue weighted by Gasteiger charge is 2.39. The van der Waals surface area contributed by atoms with Crippen molar-refractivity contribution in [1.29, 1.82) is 0 Å². The van der Waals surface area contributed by atoms with Crippen LogP contribution in [0.5, 0.6) is 0 Å². The zero-order valence-electron chi connectivity index (χ0n) is 13.2. The fourth-order valence-electron chi connectivity index (χ4n) is 3.55. The molecule has 3 heterocycles. The van der Waals surface area contributed by atoms with Crippen molar-refractivity contribution < 1.29 is 9.59 Å². The molecular formula is C16H23N5O2. The summed E-state index contributed by atoms with van der Waals surface area (Å²) in [6.07, 6.45) is 6.72. The monoisotopic (exact) mass is 317 g/mol. The predicted octanol–water partition coefficient (Wildman–Crippen LogP) is 0.301. The first-order valence-corrected chi connectivity index (χ1v) is 8.57. The van der Waals surface area contributed by atoms with Crippen LogP contribution in [-0.4, -0.2) is 58.2 Å². The number of piperidine rings is 1. The largest absolute Gasteiger partial charge is 0.346 e. The van der Waals surface area contributed by atoms with Crippen molar-refractivity contribution in [2.24, 2.45) is 0 Å². The van der Waals surface area contributed by atoms with Gasteiger partial charge in [0, 0.05) is 31.7 Å². The van der Waals surface area contributed by atoms with E-state index in [9.17, 15) is 9.59 Å². The molecule has 1 aromatic rings. The summed E-state index contributed by atoms with van der Waals surface area (Å²) in [6.45, 7) is 2.59. The van der Waals surface area contributed by atoms with Gasteiger partial charge in [-0.05, 0) is 38.3 Å². The molecule has 0 bridgehead atoms. The van der Waals surface area contributed by atoms with E-state index in [0.29, 0.717) is 30.7 Å². The van der Waals surface area contributed by atoms with Crippen LogP contribution in [0.25, 0.3) is 0 Å². The van der Waals surface area contributed by atoms with E-state index in [4.69, 9.17) is 0 Å². The quantitative estimate of drug-likeness (QED) is 0.837. The normalized spacial score (nSPS) is 28.2. The standard InChI is InChI=1S/C16H23N5O2/c22-15-8-11(10-20(15)12-3-4-12)18-16(23)14-5-7-21(19-14)13-2-1-6-17-9-13/h5,7,11-13,17H,1-4,6,8-10H2,(H,18,23). The minimum atomic E-state index is -0.178. The van der Waals surface area contributed by atoms with Gasteiger partial charge in [-0.2, -0.15) is 5.10 Å². The molecule has 7 nitrogen and oxygen atoms in total. The highest BCUT2D eigenvalue weighted by Crippen LogP contribution is 2.30. The average molecular weight is 317 g/mol. The first kappa shape index (κ1) is 14.7. The van der Waals surface area contributed by atoms with E-state index in [1.165, 1.54) is 0 Å². The van der Waals surface area contributed by atoms with Crippen LogP contribution in [0.3, 0.4) is 0 Å². The van der Waals surface area contributed by atoms with Crippen molar-refractivity contribution in [3.63, 3.8) is 0 Å². The number of rotatable bonds is 4. The molecule has 1 aliphatic carbocycles. The average Bonchev–Trinajstić information content (AvgIpc) is 3.16. The van der Waals surface area contributed by atoms with Crippen molar-refractivity contribution in [3.8, 4) is 0 Å². The second-order valence-corrected chi connectivity index (χ2v) is 6.83. The van der Waals surface area contributed by atoms with Gasteiger partial charge in [0.1, 0.15) is 5.69 Å². The molecule has 2 amide bonds. The van der Waals surface area contributed by atoms with Crippen LogP contribution < -0.4 is 10.6 Å². The van der Waals surface area contributed by atoms with Crippen molar-refractivity contribution in [1.82, 2.24) is 25.3 Å². The maximum Gasteiger partial charge on any atom is 0.272 e. The zero-order chi connectivity index (χ0) is 15.8. The molecule has 3 aliphatic rings. The summed E-state index contributed by atoms with van der Waals surface area (Å²) in [5, 5.41) is 10.7. The molecule has 4 rings (SSSR count). The molecule has 0 aromatic carbocycles. The third-order valence-electron chi connectivity index (χ3n) is 4.97. The number of carbonyl (C=O) groups is 2. The fraction of sp³-hybridized carbons (Fsp3) is 0.688. The Morgan fingerprint density at radius 2 is 2.17 bits per heavy atom. The molecule has 1 saturated carbocycles.